The fourth-order valence-electron chi connectivity index (χ4n) is 3.46. The van der Waals surface area contributed by atoms with Gasteiger partial charge in [0.25, 0.3) is 0 Å². The van der Waals surface area contributed by atoms with Crippen LogP contribution in [0.25, 0.3) is 0 Å². The van der Waals surface area contributed by atoms with Crippen LogP contribution >= 0.6 is 11.6 Å². The number of urea groups is 1. The number of aromatic nitrogens is 2. The number of fused-ring (bicyclic) bond motifs is 4. The number of anilines is 3. The van der Waals surface area contributed by atoms with Gasteiger partial charge in [0.15, 0.2) is 11.5 Å². The van der Waals surface area contributed by atoms with E-state index in [1.54, 1.807) is 30.5 Å². The topological polar surface area (TPSA) is 98.7 Å². The number of amides is 2. The van der Waals surface area contributed by atoms with Crippen molar-refractivity contribution in [3.8, 4) is 0 Å². The second-order valence-corrected chi connectivity index (χ2v) is 6.63. The van der Waals surface area contributed by atoms with E-state index in [1.165, 1.54) is 4.90 Å². The molecule has 0 aromatic carbocycles. The molecular formula is C17H16ClN5O3. The molecule has 0 radical (unpaired) electrons. The second kappa shape index (κ2) is 6.45. The molecule has 1 atom stereocenters. The van der Waals surface area contributed by atoms with Gasteiger partial charge in [-0.05, 0) is 31.0 Å². The Morgan fingerprint density at radius 2 is 2.19 bits per heavy atom. The van der Waals surface area contributed by atoms with Gasteiger partial charge in [0, 0.05) is 19.3 Å². The van der Waals surface area contributed by atoms with Crippen LogP contribution in [0, 0.1) is 0 Å². The zero-order chi connectivity index (χ0) is 18.3. The first-order chi connectivity index (χ1) is 12.5. The summed E-state index contributed by atoms with van der Waals surface area (Å²) in [6.45, 7) is 1.48. The van der Waals surface area contributed by atoms with Gasteiger partial charge in [0.2, 0.25) is 0 Å². The molecule has 134 valence electrons. The molecule has 0 aliphatic carbocycles. The van der Waals surface area contributed by atoms with Crippen LogP contribution in [-0.2, 0) is 0 Å². The molecule has 2 amide bonds. The Morgan fingerprint density at radius 1 is 1.35 bits per heavy atom. The molecule has 2 aromatic heterocycles. The summed E-state index contributed by atoms with van der Waals surface area (Å²) in [6.07, 6.45) is 3.33. The van der Waals surface area contributed by atoms with Crippen LogP contribution in [0.1, 0.15) is 23.3 Å². The Balaban J connectivity index is 1.77. The molecule has 2 aliphatic heterocycles. The first-order valence-electron chi connectivity index (χ1n) is 8.24. The number of carbonyl (C=O) groups is 2. The van der Waals surface area contributed by atoms with Gasteiger partial charge in [0.1, 0.15) is 5.82 Å². The van der Waals surface area contributed by atoms with Crippen LogP contribution in [0.4, 0.5) is 22.1 Å². The average Bonchev–Trinajstić information content (AvgIpc) is 2.63. The van der Waals surface area contributed by atoms with Gasteiger partial charge < -0.3 is 10.0 Å². The van der Waals surface area contributed by atoms with Crippen molar-refractivity contribution < 1.29 is 14.7 Å². The number of aromatic carboxylic acids is 1. The lowest BCUT2D eigenvalue weighted by molar-refractivity contribution is 0.0690. The highest BCUT2D eigenvalue weighted by Gasteiger charge is 2.39. The Kier molecular flexibility index (Phi) is 4.12. The van der Waals surface area contributed by atoms with Gasteiger partial charge in [-0.25, -0.2) is 19.6 Å². The lowest BCUT2D eigenvalue weighted by Gasteiger charge is -2.45. The zero-order valence-corrected chi connectivity index (χ0v) is 14.5. The summed E-state index contributed by atoms with van der Waals surface area (Å²) in [5, 5.41) is 12.2. The first kappa shape index (κ1) is 16.6. The first-order valence-corrected chi connectivity index (χ1v) is 8.62. The highest BCUT2D eigenvalue weighted by molar-refractivity contribution is 6.33. The van der Waals surface area contributed by atoms with Crippen LogP contribution in [-0.4, -0.2) is 46.2 Å². The molecule has 1 fully saturated rings. The van der Waals surface area contributed by atoms with Crippen molar-refractivity contribution in [2.75, 3.05) is 28.2 Å². The lowest BCUT2D eigenvalue weighted by atomic mass is 10.00. The molecule has 0 saturated carbocycles. The van der Waals surface area contributed by atoms with E-state index < -0.39 is 5.97 Å². The van der Waals surface area contributed by atoms with E-state index in [4.69, 9.17) is 11.6 Å². The fraction of sp³-hybridized carbons (Fsp3) is 0.294. The summed E-state index contributed by atoms with van der Waals surface area (Å²) in [6, 6.07) is 6.32. The molecule has 2 bridgehead atoms. The van der Waals surface area contributed by atoms with Crippen molar-refractivity contribution >= 4 is 40.9 Å². The monoisotopic (exact) mass is 373 g/mol. The van der Waals surface area contributed by atoms with Gasteiger partial charge in [-0.15, -0.1) is 0 Å². The van der Waals surface area contributed by atoms with E-state index in [2.05, 4.69) is 20.2 Å². The number of carbonyl (C=O) groups excluding carboxylic acids is 1. The molecule has 0 spiro atoms. The Labute approximate surface area is 154 Å². The van der Waals surface area contributed by atoms with Crippen molar-refractivity contribution in [2.24, 2.45) is 0 Å². The predicted molar refractivity (Wildman–Crippen MR) is 97.2 cm³/mol. The molecule has 1 saturated heterocycles. The van der Waals surface area contributed by atoms with E-state index in [1.807, 2.05) is 0 Å². The van der Waals surface area contributed by atoms with Crippen molar-refractivity contribution in [1.82, 2.24) is 9.97 Å². The number of pyridine rings is 2. The summed E-state index contributed by atoms with van der Waals surface area (Å²) < 4.78 is 0. The lowest BCUT2D eigenvalue weighted by Crippen LogP contribution is -2.56. The van der Waals surface area contributed by atoms with E-state index in [9.17, 15) is 14.7 Å². The molecule has 2 aliphatic rings. The molecule has 2 N–H and O–H groups in total. The third kappa shape index (κ3) is 2.82. The third-order valence-corrected chi connectivity index (χ3v) is 4.88. The highest BCUT2D eigenvalue weighted by atomic mass is 35.5. The van der Waals surface area contributed by atoms with Crippen LogP contribution in [0.3, 0.4) is 0 Å². The predicted octanol–water partition coefficient (Wildman–Crippen LogP) is 2.85. The van der Waals surface area contributed by atoms with Crippen LogP contribution in [0.5, 0.6) is 0 Å². The number of rotatable bonds is 2. The molecule has 9 heteroatoms. The number of halogens is 1. The number of nitrogens with zero attached hydrogens (tertiary/aromatic N) is 4. The second-order valence-electron chi connectivity index (χ2n) is 6.22. The van der Waals surface area contributed by atoms with Crippen molar-refractivity contribution in [3.05, 3.63) is 41.2 Å². The quantitative estimate of drug-likeness (QED) is 0.839. The Bertz CT molecular complexity index is 876. The summed E-state index contributed by atoms with van der Waals surface area (Å²) >= 11 is 6.09. The van der Waals surface area contributed by atoms with Crippen LogP contribution in [0.2, 0.25) is 5.02 Å². The van der Waals surface area contributed by atoms with E-state index >= 15 is 0 Å². The SMILES string of the molecule is O=C(O)c1nc2c(cc1Cl)N1CCC[C@@H](C1)N2C(=O)Nc1ccccn1. The average molecular weight is 374 g/mol. The van der Waals surface area contributed by atoms with Crippen LogP contribution < -0.4 is 15.1 Å². The minimum atomic E-state index is -1.23. The Hall–Kier alpha value is -2.87. The standard InChI is InChI=1S/C17H16ClN5O3/c18-11-8-12-15(21-14(11)16(24)25)23(10-4-3-7-22(12)9-10)17(26)20-13-5-1-2-6-19-13/h1-2,5-6,8,10H,3-4,7,9H2,(H,24,25)(H,19,20,26)/t10-/m0/s1. The van der Waals surface area contributed by atoms with Crippen molar-refractivity contribution in [1.29, 1.82) is 0 Å². The van der Waals surface area contributed by atoms with Gasteiger partial charge in [0.05, 0.1) is 16.8 Å². The summed E-state index contributed by atoms with van der Waals surface area (Å²) in [4.78, 5) is 36.3. The number of hydrogen-bond acceptors (Lipinski definition) is 5. The van der Waals surface area contributed by atoms with Crippen molar-refractivity contribution in [2.45, 2.75) is 18.9 Å². The molecular weight excluding hydrogens is 358 g/mol. The van der Waals surface area contributed by atoms with Gasteiger partial charge in [-0.3, -0.25) is 10.2 Å². The largest absolute Gasteiger partial charge is 0.476 e. The van der Waals surface area contributed by atoms with Gasteiger partial charge in [-0.2, -0.15) is 0 Å². The third-order valence-electron chi connectivity index (χ3n) is 4.59. The number of carboxylic acids is 1. The maximum Gasteiger partial charge on any atom is 0.356 e. The summed E-state index contributed by atoms with van der Waals surface area (Å²) in [5.74, 6) is -0.491. The summed E-state index contributed by atoms with van der Waals surface area (Å²) in [7, 11) is 0. The smallest absolute Gasteiger partial charge is 0.356 e. The normalized spacial score (nSPS) is 18.3. The maximum absolute atomic E-state index is 12.9. The molecule has 26 heavy (non-hydrogen) atoms. The van der Waals surface area contributed by atoms with Crippen molar-refractivity contribution in [3.63, 3.8) is 0 Å². The molecule has 8 nitrogen and oxygen atoms in total. The molecule has 4 rings (SSSR count). The number of piperidine rings is 1. The minimum absolute atomic E-state index is 0.0605. The summed E-state index contributed by atoms with van der Waals surface area (Å²) in [5.41, 5.74) is 0.411. The van der Waals surface area contributed by atoms with Crippen LogP contribution in [0.15, 0.2) is 30.5 Å². The number of hydrogen-bond donors (Lipinski definition) is 2. The maximum atomic E-state index is 12.9. The minimum Gasteiger partial charge on any atom is -0.476 e. The van der Waals surface area contributed by atoms with E-state index in [-0.39, 0.29) is 22.8 Å². The molecule has 4 heterocycles. The highest BCUT2D eigenvalue weighted by Crippen LogP contribution is 2.40. The van der Waals surface area contributed by atoms with E-state index in [0.29, 0.717) is 23.9 Å². The number of nitrogens with one attached hydrogen (secondary N) is 1. The van der Waals surface area contributed by atoms with E-state index in [0.717, 1.165) is 19.4 Å². The fourth-order valence-corrected chi connectivity index (χ4v) is 3.68. The zero-order valence-electron chi connectivity index (χ0n) is 13.7. The number of carboxylic acid groups (broad SMARTS) is 1. The molecule has 2 aromatic rings. The van der Waals surface area contributed by atoms with Gasteiger partial charge in [-0.1, -0.05) is 17.7 Å². The Morgan fingerprint density at radius 3 is 2.92 bits per heavy atom. The molecule has 0 unspecified atom stereocenters. The van der Waals surface area contributed by atoms with Gasteiger partial charge >= 0.3 is 12.0 Å².